The minimum Gasteiger partial charge on any atom is -0.477 e. The fourth-order valence-electron chi connectivity index (χ4n) is 1.17. The Morgan fingerprint density at radius 1 is 1.53 bits per heavy atom. The predicted molar refractivity (Wildman–Crippen MR) is 54.4 cm³/mol. The first-order chi connectivity index (χ1) is 7.74. The molecule has 0 fully saturated rings. The van der Waals surface area contributed by atoms with Gasteiger partial charge >= 0.3 is 11.9 Å². The molecule has 0 heterocycles. The Morgan fingerprint density at radius 2 is 2.12 bits per heavy atom. The number of alkyl halides is 2. The van der Waals surface area contributed by atoms with Crippen molar-refractivity contribution in [2.24, 2.45) is 0 Å². The second-order valence-corrected chi connectivity index (χ2v) is 3.65. The van der Waals surface area contributed by atoms with E-state index in [-0.39, 0.29) is 10.6 Å². The number of aliphatic carboxylic acids is 1. The highest BCUT2D eigenvalue weighted by atomic mass is 35.5. The fourth-order valence-corrected chi connectivity index (χ4v) is 1.34. The molecule has 0 saturated heterocycles. The molecule has 5 nitrogen and oxygen atoms in total. The Hall–Kier alpha value is -1.76. The van der Waals surface area contributed by atoms with E-state index in [0.717, 1.165) is 12.1 Å². The molecule has 92 valence electrons. The Bertz CT molecular complexity index is 478. The van der Waals surface area contributed by atoms with Crippen molar-refractivity contribution in [2.75, 3.05) is 0 Å². The van der Waals surface area contributed by atoms with Gasteiger partial charge in [0.05, 0.1) is 11.3 Å². The third-order valence-electron chi connectivity index (χ3n) is 1.97. The highest BCUT2D eigenvalue weighted by Gasteiger charge is 2.40. The molecule has 1 rings (SSSR count). The van der Waals surface area contributed by atoms with Crippen LogP contribution in [0.25, 0.3) is 0 Å². The van der Waals surface area contributed by atoms with Crippen LogP contribution in [0.5, 0.6) is 0 Å². The zero-order valence-corrected chi connectivity index (χ0v) is 8.95. The molecule has 0 aliphatic heterocycles. The number of rotatable bonds is 4. The number of nitro groups is 1. The van der Waals surface area contributed by atoms with Crippen molar-refractivity contribution in [3.63, 3.8) is 0 Å². The zero-order chi connectivity index (χ0) is 13.2. The molecule has 0 aliphatic rings. The topological polar surface area (TPSA) is 80.4 Å². The van der Waals surface area contributed by atoms with E-state index in [9.17, 15) is 23.7 Å². The average Bonchev–Trinajstić information content (AvgIpc) is 2.19. The highest BCUT2D eigenvalue weighted by molar-refractivity contribution is 6.30. The summed E-state index contributed by atoms with van der Waals surface area (Å²) >= 11 is 5.49. The standard InChI is InChI=1S/C9H6ClF2NO4/c10-6-2-1-5(7(3-6)13(16)17)4-9(11,12)8(14)15/h1-3H,4H2,(H,14,15). The second kappa shape index (κ2) is 4.62. The van der Waals surface area contributed by atoms with Crippen molar-refractivity contribution in [3.8, 4) is 0 Å². The quantitative estimate of drug-likeness (QED) is 0.670. The van der Waals surface area contributed by atoms with Gasteiger partial charge in [-0.05, 0) is 6.07 Å². The number of carboxylic acids is 1. The van der Waals surface area contributed by atoms with Crippen LogP contribution in [-0.4, -0.2) is 21.9 Å². The number of nitrogens with zero attached hydrogens (tertiary/aromatic N) is 1. The molecule has 17 heavy (non-hydrogen) atoms. The van der Waals surface area contributed by atoms with E-state index in [1.165, 1.54) is 6.07 Å². The number of benzene rings is 1. The Labute approximate surface area is 98.8 Å². The van der Waals surface area contributed by atoms with E-state index >= 15 is 0 Å². The largest absolute Gasteiger partial charge is 0.477 e. The summed E-state index contributed by atoms with van der Waals surface area (Å²) in [7, 11) is 0. The number of carbonyl (C=O) groups is 1. The summed E-state index contributed by atoms with van der Waals surface area (Å²) < 4.78 is 25.8. The van der Waals surface area contributed by atoms with E-state index in [2.05, 4.69) is 0 Å². The minimum absolute atomic E-state index is 0.0130. The highest BCUT2D eigenvalue weighted by Crippen LogP contribution is 2.29. The molecule has 0 unspecified atom stereocenters. The van der Waals surface area contributed by atoms with Crippen molar-refractivity contribution >= 4 is 23.3 Å². The summed E-state index contributed by atoms with van der Waals surface area (Å²) in [6.07, 6.45) is -1.25. The lowest BCUT2D eigenvalue weighted by molar-refractivity contribution is -0.385. The first-order valence-electron chi connectivity index (χ1n) is 4.28. The maximum atomic E-state index is 12.9. The molecule has 1 N–H and O–H groups in total. The van der Waals surface area contributed by atoms with Crippen molar-refractivity contribution in [1.82, 2.24) is 0 Å². The van der Waals surface area contributed by atoms with Crippen LogP contribution in [0.4, 0.5) is 14.5 Å². The molecule has 0 amide bonds. The van der Waals surface area contributed by atoms with Gasteiger partial charge < -0.3 is 5.11 Å². The normalized spacial score (nSPS) is 11.2. The zero-order valence-electron chi connectivity index (χ0n) is 8.19. The predicted octanol–water partition coefficient (Wildman–Crippen LogP) is 2.51. The summed E-state index contributed by atoms with van der Waals surface area (Å²) in [6.45, 7) is 0. The number of hydrogen-bond donors (Lipinski definition) is 1. The Kier molecular flexibility index (Phi) is 3.62. The summed E-state index contributed by atoms with van der Waals surface area (Å²) in [6, 6.07) is 3.09. The monoisotopic (exact) mass is 265 g/mol. The smallest absolute Gasteiger partial charge is 0.374 e. The molecular formula is C9H6ClF2NO4. The summed E-state index contributed by atoms with van der Waals surface area (Å²) in [5.74, 6) is -6.39. The Balaban J connectivity index is 3.15. The van der Waals surface area contributed by atoms with Gasteiger partial charge in [0.1, 0.15) is 0 Å². The molecule has 8 heteroatoms. The van der Waals surface area contributed by atoms with Gasteiger partial charge in [-0.1, -0.05) is 17.7 Å². The lowest BCUT2D eigenvalue weighted by Gasteiger charge is -2.11. The van der Waals surface area contributed by atoms with Crippen LogP contribution in [0, 0.1) is 10.1 Å². The van der Waals surface area contributed by atoms with Crippen molar-refractivity contribution in [1.29, 1.82) is 0 Å². The molecule has 0 radical (unpaired) electrons. The van der Waals surface area contributed by atoms with Crippen LogP contribution in [0.1, 0.15) is 5.56 Å². The van der Waals surface area contributed by atoms with Crippen LogP contribution in [0.2, 0.25) is 5.02 Å². The fraction of sp³-hybridized carbons (Fsp3) is 0.222. The molecule has 0 aromatic heterocycles. The summed E-state index contributed by atoms with van der Waals surface area (Å²) in [4.78, 5) is 19.9. The molecule has 0 aliphatic carbocycles. The SMILES string of the molecule is O=C(O)C(F)(F)Cc1ccc(Cl)cc1[N+](=O)[O-]. The molecule has 0 bridgehead atoms. The van der Waals surface area contributed by atoms with Crippen LogP contribution < -0.4 is 0 Å². The maximum Gasteiger partial charge on any atom is 0.374 e. The summed E-state index contributed by atoms with van der Waals surface area (Å²) in [5, 5.41) is 18.8. The van der Waals surface area contributed by atoms with E-state index in [4.69, 9.17) is 16.7 Å². The van der Waals surface area contributed by atoms with Crippen LogP contribution in [-0.2, 0) is 11.2 Å². The van der Waals surface area contributed by atoms with E-state index < -0.39 is 28.9 Å². The van der Waals surface area contributed by atoms with Crippen LogP contribution in [0.3, 0.4) is 0 Å². The third-order valence-corrected chi connectivity index (χ3v) is 2.20. The number of carboxylic acid groups (broad SMARTS) is 1. The molecule has 0 saturated carbocycles. The van der Waals surface area contributed by atoms with Gasteiger partial charge in [0.2, 0.25) is 0 Å². The van der Waals surface area contributed by atoms with Crippen LogP contribution in [0.15, 0.2) is 18.2 Å². The van der Waals surface area contributed by atoms with Crippen LogP contribution >= 0.6 is 11.6 Å². The van der Waals surface area contributed by atoms with Gasteiger partial charge in [-0.2, -0.15) is 8.78 Å². The van der Waals surface area contributed by atoms with Gasteiger partial charge in [-0.15, -0.1) is 0 Å². The Morgan fingerprint density at radius 3 is 2.59 bits per heavy atom. The summed E-state index contributed by atoms with van der Waals surface area (Å²) in [5.41, 5.74) is -1.01. The van der Waals surface area contributed by atoms with Gasteiger partial charge in [-0.25, -0.2) is 4.79 Å². The molecule has 1 aromatic carbocycles. The minimum atomic E-state index is -4.06. The molecule has 1 aromatic rings. The maximum absolute atomic E-state index is 12.9. The van der Waals surface area contributed by atoms with Gasteiger partial charge in [-0.3, -0.25) is 10.1 Å². The molecular weight excluding hydrogens is 260 g/mol. The van der Waals surface area contributed by atoms with Gasteiger partial charge in [0, 0.05) is 16.7 Å². The first-order valence-corrected chi connectivity index (χ1v) is 4.66. The first kappa shape index (κ1) is 13.3. The lowest BCUT2D eigenvalue weighted by Crippen LogP contribution is -2.30. The van der Waals surface area contributed by atoms with Crippen molar-refractivity contribution in [3.05, 3.63) is 38.9 Å². The van der Waals surface area contributed by atoms with Gasteiger partial charge in [0.25, 0.3) is 5.69 Å². The number of halogens is 3. The molecule has 0 spiro atoms. The number of nitro benzene ring substituents is 1. The van der Waals surface area contributed by atoms with E-state index in [1.54, 1.807) is 0 Å². The van der Waals surface area contributed by atoms with Crippen molar-refractivity contribution in [2.45, 2.75) is 12.3 Å². The average molecular weight is 266 g/mol. The third kappa shape index (κ3) is 3.10. The van der Waals surface area contributed by atoms with E-state index in [0.29, 0.717) is 0 Å². The number of hydrogen-bond acceptors (Lipinski definition) is 3. The van der Waals surface area contributed by atoms with Gasteiger partial charge in [0.15, 0.2) is 0 Å². The lowest BCUT2D eigenvalue weighted by atomic mass is 10.1. The van der Waals surface area contributed by atoms with E-state index in [1.807, 2.05) is 0 Å². The van der Waals surface area contributed by atoms with Crippen molar-refractivity contribution < 1.29 is 23.6 Å². The second-order valence-electron chi connectivity index (χ2n) is 3.22. The molecule has 0 atom stereocenters.